The van der Waals surface area contributed by atoms with E-state index in [4.69, 9.17) is 0 Å². The van der Waals surface area contributed by atoms with Crippen molar-refractivity contribution < 1.29 is 14.4 Å². The molecule has 1 aliphatic heterocycles. The van der Waals surface area contributed by atoms with Crippen LogP contribution in [0.2, 0.25) is 0 Å². The van der Waals surface area contributed by atoms with Crippen LogP contribution in [0.5, 0.6) is 0 Å². The summed E-state index contributed by atoms with van der Waals surface area (Å²) in [4.78, 5) is 41.6. The number of carbonyl (C=O) groups is 3. The molecule has 2 aliphatic carbocycles. The molecule has 5 atom stereocenters. The fourth-order valence-electron chi connectivity index (χ4n) is 6.15. The smallest absolute Gasteiger partial charge is 0.248 e. The van der Waals surface area contributed by atoms with E-state index in [2.05, 4.69) is 5.32 Å². The van der Waals surface area contributed by atoms with Gasteiger partial charge < -0.3 is 5.32 Å². The molecule has 1 N–H and O–H groups in total. The molecule has 3 fully saturated rings. The van der Waals surface area contributed by atoms with Gasteiger partial charge in [-0.15, -0.1) is 0 Å². The lowest BCUT2D eigenvalue weighted by Crippen LogP contribution is -2.49. The number of imide groups is 1. The summed E-state index contributed by atoms with van der Waals surface area (Å²) in [6, 6.07) is 14.6. The molecule has 5 nitrogen and oxygen atoms in total. The van der Waals surface area contributed by atoms with Crippen molar-refractivity contribution in [2.45, 2.75) is 45.6 Å². The molecule has 5 heteroatoms. The summed E-state index contributed by atoms with van der Waals surface area (Å²) in [5.41, 5.74) is 3.73. The Hall–Kier alpha value is -2.95. The molecule has 0 unspecified atom stereocenters. The van der Waals surface area contributed by atoms with E-state index in [0.29, 0.717) is 23.9 Å². The molecule has 3 amide bonds. The molecule has 1 saturated heterocycles. The van der Waals surface area contributed by atoms with Crippen LogP contribution in [0, 0.1) is 37.5 Å². The van der Waals surface area contributed by atoms with Gasteiger partial charge in [0, 0.05) is 12.1 Å². The number of hydrogen-bond donors (Lipinski definition) is 1. The predicted molar refractivity (Wildman–Crippen MR) is 118 cm³/mol. The molecule has 2 bridgehead atoms. The van der Waals surface area contributed by atoms with Gasteiger partial charge in [-0.05, 0) is 73.8 Å². The molecule has 5 rings (SSSR count). The van der Waals surface area contributed by atoms with Gasteiger partial charge >= 0.3 is 0 Å². The number of likely N-dealkylation sites (tertiary alicyclic amines) is 1. The number of benzene rings is 2. The monoisotopic (exact) mass is 416 g/mol. The van der Waals surface area contributed by atoms with Crippen LogP contribution in [0.3, 0.4) is 0 Å². The van der Waals surface area contributed by atoms with Gasteiger partial charge in [-0.1, -0.05) is 36.4 Å². The summed E-state index contributed by atoms with van der Waals surface area (Å²) >= 11 is 0. The highest BCUT2D eigenvalue weighted by molar-refractivity contribution is 6.10. The highest BCUT2D eigenvalue weighted by Crippen LogP contribution is 2.56. The van der Waals surface area contributed by atoms with E-state index in [1.807, 2.05) is 62.4 Å². The first-order valence-electron chi connectivity index (χ1n) is 11.2. The number of nitrogens with one attached hydrogen (secondary N) is 1. The molecule has 2 aromatic carbocycles. The third-order valence-electron chi connectivity index (χ3n) is 7.34. The van der Waals surface area contributed by atoms with Gasteiger partial charge in [0.1, 0.15) is 6.04 Å². The molecule has 0 spiro atoms. The highest BCUT2D eigenvalue weighted by Gasteiger charge is 2.62. The van der Waals surface area contributed by atoms with Crippen LogP contribution in [-0.2, 0) is 20.8 Å². The number of anilines is 1. The number of fused-ring (bicyclic) bond motifs is 5. The van der Waals surface area contributed by atoms with Crippen LogP contribution in [-0.4, -0.2) is 28.7 Å². The number of aryl methyl sites for hydroxylation is 2. The fourth-order valence-corrected chi connectivity index (χ4v) is 6.15. The summed E-state index contributed by atoms with van der Waals surface area (Å²) in [7, 11) is 0. The van der Waals surface area contributed by atoms with Crippen molar-refractivity contribution in [1.29, 1.82) is 0 Å². The molecule has 31 heavy (non-hydrogen) atoms. The minimum atomic E-state index is -0.840. The van der Waals surface area contributed by atoms with E-state index in [9.17, 15) is 14.4 Å². The van der Waals surface area contributed by atoms with E-state index < -0.39 is 6.04 Å². The minimum Gasteiger partial charge on any atom is -0.324 e. The predicted octanol–water partition coefficient (Wildman–Crippen LogP) is 3.88. The lowest BCUT2D eigenvalue weighted by Gasteiger charge is -2.27. The average molecular weight is 417 g/mol. The first kappa shape index (κ1) is 20.0. The zero-order chi connectivity index (χ0) is 21.7. The van der Waals surface area contributed by atoms with Crippen LogP contribution in [0.1, 0.15) is 36.0 Å². The molecule has 1 heterocycles. The van der Waals surface area contributed by atoms with Gasteiger partial charge in [0.15, 0.2) is 0 Å². The standard InChI is InChI=1S/C26H28N2O3/c1-15-10-16(2)12-20(11-15)27-24(29)21(13-17-6-4-3-5-7-17)28-25(30)22-18-8-9-19(14-18)23(22)26(28)31/h3-7,10-12,18-19,21-23H,8-9,13-14H2,1-2H3,(H,27,29)/t18-,19-,21-,22-,23-/m0/s1. The summed E-state index contributed by atoms with van der Waals surface area (Å²) in [6.45, 7) is 3.96. The van der Waals surface area contributed by atoms with Gasteiger partial charge in [0.25, 0.3) is 0 Å². The topological polar surface area (TPSA) is 66.5 Å². The molecule has 3 aliphatic rings. The second kappa shape index (κ2) is 7.63. The van der Waals surface area contributed by atoms with Gasteiger partial charge in [-0.3, -0.25) is 19.3 Å². The van der Waals surface area contributed by atoms with E-state index in [-0.39, 0.29) is 29.6 Å². The maximum Gasteiger partial charge on any atom is 0.248 e. The van der Waals surface area contributed by atoms with Crippen LogP contribution >= 0.6 is 0 Å². The Kier molecular flexibility index (Phi) is 4.92. The first-order valence-corrected chi connectivity index (χ1v) is 11.2. The molecular weight excluding hydrogens is 388 g/mol. The highest BCUT2D eigenvalue weighted by atomic mass is 16.2. The Labute approximate surface area is 182 Å². The third-order valence-corrected chi connectivity index (χ3v) is 7.34. The molecule has 0 radical (unpaired) electrons. The number of hydrogen-bond acceptors (Lipinski definition) is 3. The van der Waals surface area contributed by atoms with Crippen LogP contribution in [0.4, 0.5) is 5.69 Å². The number of carbonyl (C=O) groups excluding carboxylic acids is 3. The quantitative estimate of drug-likeness (QED) is 0.752. The Balaban J connectivity index is 1.46. The number of amides is 3. The summed E-state index contributed by atoms with van der Waals surface area (Å²) in [5.74, 6) is -0.426. The van der Waals surface area contributed by atoms with Crippen molar-refractivity contribution in [3.63, 3.8) is 0 Å². The average Bonchev–Trinajstić information content (AvgIpc) is 3.40. The SMILES string of the molecule is Cc1cc(C)cc(NC(=O)[C@H](Cc2ccccc2)N2C(=O)[C@H]3[C@H]4CC[C@@H](C4)[C@@H]3C2=O)c1. The molecule has 2 saturated carbocycles. The minimum absolute atomic E-state index is 0.140. The Morgan fingerprint density at radius 1 is 0.968 bits per heavy atom. The number of rotatable bonds is 5. The second-order valence-electron chi connectivity index (χ2n) is 9.50. The van der Waals surface area contributed by atoms with Crippen molar-refractivity contribution in [3.05, 3.63) is 65.2 Å². The maximum absolute atomic E-state index is 13.5. The van der Waals surface area contributed by atoms with Crippen molar-refractivity contribution >= 4 is 23.4 Å². The van der Waals surface area contributed by atoms with E-state index in [0.717, 1.165) is 36.0 Å². The van der Waals surface area contributed by atoms with Crippen LogP contribution < -0.4 is 5.32 Å². The number of nitrogens with zero attached hydrogens (tertiary/aromatic N) is 1. The summed E-state index contributed by atoms with van der Waals surface area (Å²) < 4.78 is 0. The van der Waals surface area contributed by atoms with Crippen molar-refractivity contribution in [1.82, 2.24) is 4.90 Å². The second-order valence-corrected chi connectivity index (χ2v) is 9.50. The van der Waals surface area contributed by atoms with Crippen molar-refractivity contribution in [2.24, 2.45) is 23.7 Å². The van der Waals surface area contributed by atoms with E-state index >= 15 is 0 Å². The lowest BCUT2D eigenvalue weighted by molar-refractivity contribution is -0.147. The van der Waals surface area contributed by atoms with Gasteiger partial charge in [-0.25, -0.2) is 0 Å². The van der Waals surface area contributed by atoms with Crippen LogP contribution in [0.25, 0.3) is 0 Å². The molecule has 0 aromatic heterocycles. The Morgan fingerprint density at radius 3 is 2.13 bits per heavy atom. The summed E-state index contributed by atoms with van der Waals surface area (Å²) in [6.07, 6.45) is 3.36. The van der Waals surface area contributed by atoms with E-state index in [1.54, 1.807) is 0 Å². The zero-order valence-electron chi connectivity index (χ0n) is 18.0. The fraction of sp³-hybridized carbons (Fsp3) is 0.423. The largest absolute Gasteiger partial charge is 0.324 e. The normalized spacial score (nSPS) is 27.5. The Morgan fingerprint density at radius 2 is 1.55 bits per heavy atom. The molecule has 160 valence electrons. The first-order chi connectivity index (χ1) is 14.9. The maximum atomic E-state index is 13.5. The Bertz CT molecular complexity index is 1000. The van der Waals surface area contributed by atoms with E-state index in [1.165, 1.54) is 4.90 Å². The van der Waals surface area contributed by atoms with Crippen LogP contribution in [0.15, 0.2) is 48.5 Å². The van der Waals surface area contributed by atoms with Crippen molar-refractivity contribution in [2.75, 3.05) is 5.32 Å². The van der Waals surface area contributed by atoms with Gasteiger partial charge in [-0.2, -0.15) is 0 Å². The summed E-state index contributed by atoms with van der Waals surface area (Å²) in [5, 5.41) is 2.98. The lowest BCUT2D eigenvalue weighted by atomic mass is 9.81. The van der Waals surface area contributed by atoms with Gasteiger partial charge in [0.2, 0.25) is 17.7 Å². The molecule has 2 aromatic rings. The zero-order valence-corrected chi connectivity index (χ0v) is 18.0. The van der Waals surface area contributed by atoms with Crippen molar-refractivity contribution in [3.8, 4) is 0 Å². The third kappa shape index (κ3) is 3.46. The van der Waals surface area contributed by atoms with Gasteiger partial charge in [0.05, 0.1) is 11.8 Å². The molecular formula is C26H28N2O3.